The van der Waals surface area contributed by atoms with E-state index in [-0.39, 0.29) is 0 Å². The molecule has 4 unspecified atom stereocenters. The Morgan fingerprint density at radius 1 is 0.708 bits per heavy atom. The molecule has 0 saturated heterocycles. The van der Waals surface area contributed by atoms with Crippen LogP contribution in [0.4, 0.5) is 0 Å². The molecular formula is C23H42O. The number of rotatable bonds is 8. The first-order valence-corrected chi connectivity index (χ1v) is 11.4. The number of hydrogen-bond donors (Lipinski definition) is 0. The monoisotopic (exact) mass is 334 g/mol. The van der Waals surface area contributed by atoms with Gasteiger partial charge in [-0.05, 0) is 81.0 Å². The fourth-order valence-electron chi connectivity index (χ4n) is 6.45. The van der Waals surface area contributed by atoms with Crippen molar-refractivity contribution >= 4 is 0 Å². The summed E-state index contributed by atoms with van der Waals surface area (Å²) in [5, 5.41) is 0. The van der Waals surface area contributed by atoms with E-state index in [1.165, 1.54) is 77.0 Å². The second kappa shape index (κ2) is 9.60. The largest absolute Gasteiger partial charge is 0.378 e. The van der Waals surface area contributed by atoms with Crippen LogP contribution in [-0.2, 0) is 4.74 Å². The molecule has 0 aliphatic heterocycles. The Labute approximate surface area is 151 Å². The minimum atomic E-state index is 0.598. The highest BCUT2D eigenvalue weighted by Gasteiger charge is 2.44. The predicted molar refractivity (Wildman–Crippen MR) is 103 cm³/mol. The van der Waals surface area contributed by atoms with Gasteiger partial charge in [0, 0.05) is 6.61 Å². The Balaban J connectivity index is 1.42. The van der Waals surface area contributed by atoms with Gasteiger partial charge in [0.1, 0.15) is 0 Å². The third-order valence-electron chi connectivity index (χ3n) is 7.65. The molecule has 0 heterocycles. The second-order valence-corrected chi connectivity index (χ2v) is 9.26. The predicted octanol–water partition coefficient (Wildman–Crippen LogP) is 6.99. The van der Waals surface area contributed by atoms with Crippen LogP contribution < -0.4 is 0 Å². The molecule has 6 atom stereocenters. The minimum Gasteiger partial charge on any atom is -0.378 e. The van der Waals surface area contributed by atoms with E-state index in [0.717, 1.165) is 36.2 Å². The third kappa shape index (κ3) is 4.77. The fourth-order valence-corrected chi connectivity index (χ4v) is 6.45. The van der Waals surface area contributed by atoms with E-state index in [0.29, 0.717) is 6.10 Å². The van der Waals surface area contributed by atoms with E-state index in [1.54, 1.807) is 12.8 Å². The van der Waals surface area contributed by atoms with Crippen molar-refractivity contribution in [3.63, 3.8) is 0 Å². The molecule has 3 fully saturated rings. The van der Waals surface area contributed by atoms with Crippen LogP contribution >= 0.6 is 0 Å². The molecule has 0 amide bonds. The molecule has 3 aliphatic carbocycles. The first kappa shape index (κ1) is 18.7. The van der Waals surface area contributed by atoms with Gasteiger partial charge in [0.25, 0.3) is 0 Å². The highest BCUT2D eigenvalue weighted by atomic mass is 16.5. The Kier molecular flexibility index (Phi) is 7.50. The second-order valence-electron chi connectivity index (χ2n) is 9.26. The van der Waals surface area contributed by atoms with Gasteiger partial charge in [0.2, 0.25) is 0 Å². The summed E-state index contributed by atoms with van der Waals surface area (Å²) in [6.45, 7) is 5.67. The van der Waals surface area contributed by atoms with E-state index < -0.39 is 0 Å². The maximum absolute atomic E-state index is 6.26. The summed E-state index contributed by atoms with van der Waals surface area (Å²) in [5.41, 5.74) is 0. The molecule has 0 N–H and O–H groups in total. The summed E-state index contributed by atoms with van der Waals surface area (Å²) in [7, 11) is 0. The van der Waals surface area contributed by atoms with Crippen molar-refractivity contribution in [3.05, 3.63) is 0 Å². The van der Waals surface area contributed by atoms with E-state index in [4.69, 9.17) is 4.74 Å². The standard InChI is InChI=1S/C23H42O/c1-3-5-6-7-15-24-21-12-14-23-20(17-21)11-10-19-16-18(8-4-2)9-13-22(19)23/h18-23H,3-17H2,1-2H3/t18-,19?,20?,21-,22?,23?/m0/s1. The zero-order valence-corrected chi connectivity index (χ0v) is 16.5. The first-order valence-electron chi connectivity index (χ1n) is 11.4. The average molecular weight is 335 g/mol. The molecule has 3 rings (SSSR count). The normalized spacial score (nSPS) is 39.2. The van der Waals surface area contributed by atoms with Gasteiger partial charge in [0.15, 0.2) is 0 Å². The maximum atomic E-state index is 6.26. The zero-order chi connectivity index (χ0) is 16.8. The Morgan fingerprint density at radius 3 is 2.21 bits per heavy atom. The van der Waals surface area contributed by atoms with Crippen molar-refractivity contribution in [3.8, 4) is 0 Å². The Bertz CT molecular complexity index is 352. The minimum absolute atomic E-state index is 0.598. The highest BCUT2D eigenvalue weighted by Crippen LogP contribution is 2.53. The number of hydrogen-bond acceptors (Lipinski definition) is 1. The molecular weight excluding hydrogens is 292 g/mol. The summed E-state index contributed by atoms with van der Waals surface area (Å²) in [6.07, 6.45) is 20.8. The molecule has 0 bridgehead atoms. The molecule has 1 nitrogen and oxygen atoms in total. The molecule has 0 spiro atoms. The van der Waals surface area contributed by atoms with E-state index in [9.17, 15) is 0 Å². The lowest BCUT2D eigenvalue weighted by Gasteiger charge is -2.50. The van der Waals surface area contributed by atoms with Crippen LogP contribution in [0, 0.1) is 29.6 Å². The van der Waals surface area contributed by atoms with Crippen LogP contribution in [0.1, 0.15) is 104 Å². The van der Waals surface area contributed by atoms with Gasteiger partial charge in [-0.2, -0.15) is 0 Å². The average Bonchev–Trinajstić information content (AvgIpc) is 2.61. The summed E-state index contributed by atoms with van der Waals surface area (Å²) in [5.74, 6) is 5.30. The van der Waals surface area contributed by atoms with Gasteiger partial charge in [-0.1, -0.05) is 52.4 Å². The Morgan fingerprint density at radius 2 is 1.46 bits per heavy atom. The summed E-state index contributed by atoms with van der Waals surface area (Å²) < 4.78 is 6.26. The van der Waals surface area contributed by atoms with E-state index in [1.807, 2.05) is 0 Å². The van der Waals surface area contributed by atoms with Gasteiger partial charge in [-0.25, -0.2) is 0 Å². The maximum Gasteiger partial charge on any atom is 0.0578 e. The highest BCUT2D eigenvalue weighted by molar-refractivity contribution is 4.94. The third-order valence-corrected chi connectivity index (χ3v) is 7.65. The molecule has 1 heteroatoms. The molecule has 0 aromatic rings. The van der Waals surface area contributed by atoms with E-state index in [2.05, 4.69) is 13.8 Å². The van der Waals surface area contributed by atoms with Gasteiger partial charge in [-0.3, -0.25) is 0 Å². The van der Waals surface area contributed by atoms with Crippen molar-refractivity contribution in [2.24, 2.45) is 29.6 Å². The van der Waals surface area contributed by atoms with Gasteiger partial charge in [0.05, 0.1) is 6.10 Å². The van der Waals surface area contributed by atoms with Crippen LogP contribution in [0.5, 0.6) is 0 Å². The lowest BCUT2D eigenvalue weighted by molar-refractivity contribution is -0.0538. The number of ether oxygens (including phenoxy) is 1. The lowest BCUT2D eigenvalue weighted by Crippen LogP contribution is -2.42. The quantitative estimate of drug-likeness (QED) is 0.434. The summed E-state index contributed by atoms with van der Waals surface area (Å²) >= 11 is 0. The van der Waals surface area contributed by atoms with Crippen LogP contribution in [-0.4, -0.2) is 12.7 Å². The van der Waals surface area contributed by atoms with Crippen molar-refractivity contribution in [1.29, 1.82) is 0 Å². The molecule has 0 aromatic carbocycles. The SMILES string of the molecule is CCCCCCO[C@H]1CCC2C(CCC3C[C@@H](CCC)CCC32)C1. The van der Waals surface area contributed by atoms with Crippen LogP contribution in [0.2, 0.25) is 0 Å². The first-order chi connectivity index (χ1) is 11.8. The molecule has 24 heavy (non-hydrogen) atoms. The van der Waals surface area contributed by atoms with Gasteiger partial charge in [-0.15, -0.1) is 0 Å². The van der Waals surface area contributed by atoms with Gasteiger partial charge < -0.3 is 4.74 Å². The molecule has 140 valence electrons. The Hall–Kier alpha value is -0.0400. The van der Waals surface area contributed by atoms with Gasteiger partial charge >= 0.3 is 0 Å². The van der Waals surface area contributed by atoms with Crippen molar-refractivity contribution in [2.45, 2.75) is 110 Å². The topological polar surface area (TPSA) is 9.23 Å². The van der Waals surface area contributed by atoms with Crippen LogP contribution in [0.15, 0.2) is 0 Å². The summed E-state index contributed by atoms with van der Waals surface area (Å²) in [4.78, 5) is 0. The molecule has 3 saturated carbocycles. The molecule has 0 radical (unpaired) electrons. The van der Waals surface area contributed by atoms with Crippen molar-refractivity contribution in [1.82, 2.24) is 0 Å². The number of unbranched alkanes of at least 4 members (excludes halogenated alkanes) is 3. The van der Waals surface area contributed by atoms with Crippen LogP contribution in [0.3, 0.4) is 0 Å². The number of fused-ring (bicyclic) bond motifs is 3. The molecule has 3 aliphatic rings. The zero-order valence-electron chi connectivity index (χ0n) is 16.5. The molecule has 0 aromatic heterocycles. The van der Waals surface area contributed by atoms with Crippen molar-refractivity contribution in [2.75, 3.05) is 6.61 Å². The smallest absolute Gasteiger partial charge is 0.0578 e. The van der Waals surface area contributed by atoms with Crippen LogP contribution in [0.25, 0.3) is 0 Å². The van der Waals surface area contributed by atoms with Crippen molar-refractivity contribution < 1.29 is 4.74 Å². The summed E-state index contributed by atoms with van der Waals surface area (Å²) in [6, 6.07) is 0. The fraction of sp³-hybridized carbons (Fsp3) is 1.00. The lowest BCUT2D eigenvalue weighted by atomic mass is 9.56. The van der Waals surface area contributed by atoms with E-state index >= 15 is 0 Å².